The van der Waals surface area contributed by atoms with E-state index in [0.717, 1.165) is 12.0 Å². The third-order valence-electron chi connectivity index (χ3n) is 4.50. The predicted octanol–water partition coefficient (Wildman–Crippen LogP) is 4.85. The highest BCUT2D eigenvalue weighted by Gasteiger charge is 2.28. The number of carbonyl (C=O) groups excluding carboxylic acids is 1. The molecule has 2 heteroatoms. The van der Waals surface area contributed by atoms with Crippen molar-refractivity contribution in [1.82, 2.24) is 0 Å². The van der Waals surface area contributed by atoms with Crippen LogP contribution >= 0.6 is 0 Å². The van der Waals surface area contributed by atoms with E-state index in [1.165, 1.54) is 5.56 Å². The molecule has 0 radical (unpaired) electrons. The van der Waals surface area contributed by atoms with Crippen LogP contribution in [0.15, 0.2) is 91.0 Å². The van der Waals surface area contributed by atoms with Crippen LogP contribution in [0.5, 0.6) is 0 Å². The van der Waals surface area contributed by atoms with Gasteiger partial charge in [-0.15, -0.1) is 0 Å². The molecule has 3 aromatic carbocycles. The van der Waals surface area contributed by atoms with Crippen molar-refractivity contribution in [2.75, 3.05) is 0 Å². The molecule has 0 aromatic heterocycles. The standard InChI is InChI=1S/C23H22O2/c24-22(19-12-6-2-7-13-19)21(17-16-18-10-4-1-5-11-18)23(25)20-14-8-3-9-15-20/h1-15,21-22,24H,16-17H2/t21-,22-/m0/s1. The normalized spacial score (nSPS) is 13.2. The maximum absolute atomic E-state index is 13.0. The van der Waals surface area contributed by atoms with Gasteiger partial charge in [0, 0.05) is 5.56 Å². The molecule has 0 fully saturated rings. The van der Waals surface area contributed by atoms with E-state index in [0.29, 0.717) is 12.0 Å². The fraction of sp³-hybridized carbons (Fsp3) is 0.174. The lowest BCUT2D eigenvalue weighted by molar-refractivity contribution is 0.0657. The van der Waals surface area contributed by atoms with Gasteiger partial charge in [-0.05, 0) is 24.0 Å². The van der Waals surface area contributed by atoms with E-state index in [-0.39, 0.29) is 5.78 Å². The maximum atomic E-state index is 13.0. The predicted molar refractivity (Wildman–Crippen MR) is 100 cm³/mol. The molecule has 0 saturated carbocycles. The Labute approximate surface area is 148 Å². The monoisotopic (exact) mass is 330 g/mol. The maximum Gasteiger partial charge on any atom is 0.168 e. The fourth-order valence-electron chi connectivity index (χ4n) is 3.10. The van der Waals surface area contributed by atoms with Crippen molar-refractivity contribution in [3.8, 4) is 0 Å². The zero-order chi connectivity index (χ0) is 17.5. The van der Waals surface area contributed by atoms with Crippen LogP contribution in [0.2, 0.25) is 0 Å². The molecule has 0 bridgehead atoms. The van der Waals surface area contributed by atoms with Gasteiger partial charge >= 0.3 is 0 Å². The second kappa shape index (κ2) is 8.41. The van der Waals surface area contributed by atoms with E-state index in [2.05, 4.69) is 12.1 Å². The molecule has 25 heavy (non-hydrogen) atoms. The van der Waals surface area contributed by atoms with Gasteiger partial charge in [0.2, 0.25) is 0 Å². The number of aliphatic hydroxyl groups excluding tert-OH is 1. The van der Waals surface area contributed by atoms with Crippen LogP contribution in [0.1, 0.15) is 34.0 Å². The summed E-state index contributed by atoms with van der Waals surface area (Å²) in [5, 5.41) is 10.9. The van der Waals surface area contributed by atoms with Crippen molar-refractivity contribution < 1.29 is 9.90 Å². The molecule has 126 valence electrons. The Morgan fingerprint density at radius 2 is 1.28 bits per heavy atom. The Kier molecular flexibility index (Phi) is 5.76. The fourth-order valence-corrected chi connectivity index (χ4v) is 3.10. The molecule has 0 aliphatic heterocycles. The molecular weight excluding hydrogens is 308 g/mol. The summed E-state index contributed by atoms with van der Waals surface area (Å²) in [6.45, 7) is 0. The van der Waals surface area contributed by atoms with Crippen LogP contribution < -0.4 is 0 Å². The van der Waals surface area contributed by atoms with Gasteiger partial charge in [0.05, 0.1) is 12.0 Å². The lowest BCUT2D eigenvalue weighted by Crippen LogP contribution is -2.23. The molecular formula is C23H22O2. The number of hydrogen-bond acceptors (Lipinski definition) is 2. The van der Waals surface area contributed by atoms with E-state index in [4.69, 9.17) is 0 Å². The first-order valence-electron chi connectivity index (χ1n) is 8.62. The molecule has 0 aliphatic rings. The van der Waals surface area contributed by atoms with Crippen molar-refractivity contribution in [2.45, 2.75) is 18.9 Å². The van der Waals surface area contributed by atoms with Crippen molar-refractivity contribution in [1.29, 1.82) is 0 Å². The summed E-state index contributed by atoms with van der Waals surface area (Å²) >= 11 is 0. The van der Waals surface area contributed by atoms with Gasteiger partial charge in [0.1, 0.15) is 0 Å². The summed E-state index contributed by atoms with van der Waals surface area (Å²) in [5.74, 6) is -0.474. The Morgan fingerprint density at radius 3 is 1.88 bits per heavy atom. The molecule has 0 unspecified atom stereocenters. The highest BCUT2D eigenvalue weighted by Crippen LogP contribution is 2.29. The Bertz CT molecular complexity index is 782. The van der Waals surface area contributed by atoms with E-state index < -0.39 is 12.0 Å². The molecule has 2 atom stereocenters. The zero-order valence-corrected chi connectivity index (χ0v) is 14.1. The molecule has 0 saturated heterocycles. The summed E-state index contributed by atoms with van der Waals surface area (Å²) in [7, 11) is 0. The number of ketones is 1. The Morgan fingerprint density at radius 1 is 0.760 bits per heavy atom. The summed E-state index contributed by atoms with van der Waals surface area (Å²) in [6, 6.07) is 28.8. The van der Waals surface area contributed by atoms with Crippen molar-refractivity contribution in [2.24, 2.45) is 5.92 Å². The Balaban J connectivity index is 1.84. The third kappa shape index (κ3) is 4.43. The molecule has 3 rings (SSSR count). The summed E-state index contributed by atoms with van der Waals surface area (Å²) in [6.07, 6.45) is 0.555. The number of hydrogen-bond donors (Lipinski definition) is 1. The van der Waals surface area contributed by atoms with Crippen LogP contribution in [0, 0.1) is 5.92 Å². The van der Waals surface area contributed by atoms with Crippen molar-refractivity contribution in [3.05, 3.63) is 108 Å². The minimum absolute atomic E-state index is 0.00659. The van der Waals surface area contributed by atoms with E-state index in [1.807, 2.05) is 78.9 Å². The first-order chi connectivity index (χ1) is 12.3. The lowest BCUT2D eigenvalue weighted by atomic mass is 9.84. The molecule has 2 nitrogen and oxygen atoms in total. The summed E-state index contributed by atoms with van der Waals surface area (Å²) in [5.41, 5.74) is 2.61. The average Bonchev–Trinajstić information content (AvgIpc) is 2.70. The topological polar surface area (TPSA) is 37.3 Å². The van der Waals surface area contributed by atoms with E-state index in [9.17, 15) is 9.90 Å². The first-order valence-corrected chi connectivity index (χ1v) is 8.62. The largest absolute Gasteiger partial charge is 0.388 e. The minimum Gasteiger partial charge on any atom is -0.388 e. The van der Waals surface area contributed by atoms with Gasteiger partial charge < -0.3 is 5.11 Å². The van der Waals surface area contributed by atoms with Crippen molar-refractivity contribution >= 4 is 5.78 Å². The van der Waals surface area contributed by atoms with E-state index in [1.54, 1.807) is 0 Å². The number of benzene rings is 3. The summed E-state index contributed by atoms with van der Waals surface area (Å²) < 4.78 is 0. The van der Waals surface area contributed by atoms with Gasteiger partial charge in [-0.2, -0.15) is 0 Å². The van der Waals surface area contributed by atoms with Gasteiger partial charge in [0.15, 0.2) is 5.78 Å². The molecule has 0 spiro atoms. The van der Waals surface area contributed by atoms with Crippen LogP contribution in [0.25, 0.3) is 0 Å². The van der Waals surface area contributed by atoms with Crippen LogP contribution in [0.3, 0.4) is 0 Å². The number of Topliss-reactive ketones (excluding diaryl/α,β-unsaturated/α-hetero) is 1. The van der Waals surface area contributed by atoms with Gasteiger partial charge in [0.25, 0.3) is 0 Å². The van der Waals surface area contributed by atoms with Gasteiger partial charge in [-0.3, -0.25) is 4.79 Å². The molecule has 1 N–H and O–H groups in total. The summed E-state index contributed by atoms with van der Waals surface area (Å²) in [4.78, 5) is 13.0. The number of carbonyl (C=O) groups is 1. The molecule has 0 amide bonds. The second-order valence-electron chi connectivity index (χ2n) is 6.22. The van der Waals surface area contributed by atoms with Crippen LogP contribution in [0.4, 0.5) is 0 Å². The van der Waals surface area contributed by atoms with Gasteiger partial charge in [-0.25, -0.2) is 0 Å². The highest BCUT2D eigenvalue weighted by atomic mass is 16.3. The molecule has 3 aromatic rings. The zero-order valence-electron chi connectivity index (χ0n) is 14.1. The quantitative estimate of drug-likeness (QED) is 0.629. The number of rotatable bonds is 7. The van der Waals surface area contributed by atoms with Crippen LogP contribution in [-0.4, -0.2) is 10.9 Å². The van der Waals surface area contributed by atoms with Crippen LogP contribution in [-0.2, 0) is 6.42 Å². The average molecular weight is 330 g/mol. The van der Waals surface area contributed by atoms with E-state index >= 15 is 0 Å². The highest BCUT2D eigenvalue weighted by molar-refractivity contribution is 5.98. The minimum atomic E-state index is -0.808. The Hall–Kier alpha value is -2.71. The second-order valence-corrected chi connectivity index (χ2v) is 6.22. The SMILES string of the molecule is O=C(c1ccccc1)[C@@H](CCc1ccccc1)[C@@H](O)c1ccccc1. The lowest BCUT2D eigenvalue weighted by Gasteiger charge is -2.22. The smallest absolute Gasteiger partial charge is 0.168 e. The molecule has 0 heterocycles. The molecule has 0 aliphatic carbocycles. The third-order valence-corrected chi connectivity index (χ3v) is 4.50. The number of aryl methyl sites for hydroxylation is 1. The number of aliphatic hydroxyl groups is 1. The van der Waals surface area contributed by atoms with Gasteiger partial charge in [-0.1, -0.05) is 91.0 Å². The first kappa shape index (κ1) is 17.1. The van der Waals surface area contributed by atoms with Crippen molar-refractivity contribution in [3.63, 3.8) is 0 Å².